The van der Waals surface area contributed by atoms with Gasteiger partial charge in [-0.15, -0.1) is 5.10 Å². The number of rotatable bonds is 4. The van der Waals surface area contributed by atoms with Crippen molar-refractivity contribution in [3.63, 3.8) is 0 Å². The zero-order valence-electron chi connectivity index (χ0n) is 6.90. The van der Waals surface area contributed by atoms with Gasteiger partial charge in [-0.2, -0.15) is 0 Å². The van der Waals surface area contributed by atoms with E-state index in [1.807, 2.05) is 0 Å². The van der Waals surface area contributed by atoms with Crippen LogP contribution in [-0.4, -0.2) is 32.5 Å². The first-order chi connectivity index (χ1) is 5.74. The summed E-state index contributed by atoms with van der Waals surface area (Å²) in [6.07, 6.45) is 0. The average molecular weight is 185 g/mol. The molecule has 0 saturated heterocycles. The van der Waals surface area contributed by atoms with Gasteiger partial charge >= 0.3 is 0 Å². The molecule has 6 heteroatoms. The largest absolute Gasteiger partial charge is 0.327 e. The van der Waals surface area contributed by atoms with Crippen molar-refractivity contribution in [2.45, 2.75) is 5.16 Å². The van der Waals surface area contributed by atoms with Gasteiger partial charge in [0.2, 0.25) is 5.16 Å². The van der Waals surface area contributed by atoms with Gasteiger partial charge in [-0.05, 0) is 10.4 Å². The highest BCUT2D eigenvalue weighted by Crippen LogP contribution is 2.14. The van der Waals surface area contributed by atoms with Gasteiger partial charge in [-0.1, -0.05) is 23.9 Å². The van der Waals surface area contributed by atoms with Crippen LogP contribution in [0.2, 0.25) is 0 Å². The molecule has 0 aliphatic rings. The van der Waals surface area contributed by atoms with Crippen molar-refractivity contribution in [3.05, 3.63) is 12.2 Å². The highest BCUT2D eigenvalue weighted by Gasteiger charge is 2.02. The number of nitrogens with zero attached hydrogens (tertiary/aromatic N) is 4. The van der Waals surface area contributed by atoms with Crippen LogP contribution in [-0.2, 0) is 7.05 Å². The summed E-state index contributed by atoms with van der Waals surface area (Å²) in [7, 11) is 1.80. The Morgan fingerprint density at radius 3 is 3.00 bits per heavy atom. The molecule has 0 spiro atoms. The second kappa shape index (κ2) is 4.22. The van der Waals surface area contributed by atoms with Crippen molar-refractivity contribution in [3.8, 4) is 0 Å². The van der Waals surface area contributed by atoms with E-state index in [1.54, 1.807) is 11.7 Å². The lowest BCUT2D eigenvalue weighted by atomic mass is 10.4. The fourth-order valence-corrected chi connectivity index (χ4v) is 1.34. The number of thioether (sulfide) groups is 1. The molecule has 1 aromatic rings. The van der Waals surface area contributed by atoms with Crippen LogP contribution in [0.3, 0.4) is 0 Å². The molecule has 0 unspecified atom stereocenters. The maximum Gasteiger partial charge on any atom is 0.209 e. The first kappa shape index (κ1) is 9.21. The van der Waals surface area contributed by atoms with Gasteiger partial charge in [0.25, 0.3) is 0 Å². The van der Waals surface area contributed by atoms with Crippen LogP contribution in [0.1, 0.15) is 0 Å². The maximum atomic E-state index is 5.38. The van der Waals surface area contributed by atoms with E-state index >= 15 is 0 Å². The zero-order chi connectivity index (χ0) is 8.97. The summed E-state index contributed by atoms with van der Waals surface area (Å²) >= 11 is 1.53. The fraction of sp³-hybridized carbons (Fsp3) is 0.500. The molecule has 1 heterocycles. The molecule has 0 saturated carbocycles. The Morgan fingerprint density at radius 1 is 1.75 bits per heavy atom. The van der Waals surface area contributed by atoms with Crippen LogP contribution in [0.15, 0.2) is 17.3 Å². The van der Waals surface area contributed by atoms with E-state index in [0.717, 1.165) is 16.5 Å². The number of nitrogens with two attached hydrogens (primary N) is 1. The highest BCUT2D eigenvalue weighted by atomic mass is 32.2. The molecule has 0 amide bonds. The summed E-state index contributed by atoms with van der Waals surface area (Å²) in [6.45, 7) is 4.29. The Balaban J connectivity index is 2.43. The molecule has 0 bridgehead atoms. The molecule has 5 nitrogen and oxygen atoms in total. The van der Waals surface area contributed by atoms with Crippen molar-refractivity contribution in [2.24, 2.45) is 12.8 Å². The molecular weight excluding hydrogens is 174 g/mol. The molecule has 66 valence electrons. The summed E-state index contributed by atoms with van der Waals surface area (Å²) in [4.78, 5) is 0. The van der Waals surface area contributed by atoms with Crippen LogP contribution < -0.4 is 5.73 Å². The van der Waals surface area contributed by atoms with Crippen LogP contribution >= 0.6 is 11.8 Å². The van der Waals surface area contributed by atoms with Crippen molar-refractivity contribution >= 4 is 11.8 Å². The van der Waals surface area contributed by atoms with Crippen molar-refractivity contribution in [1.82, 2.24) is 20.2 Å². The van der Waals surface area contributed by atoms with E-state index in [1.165, 1.54) is 11.8 Å². The lowest BCUT2D eigenvalue weighted by Gasteiger charge is -1.99. The minimum Gasteiger partial charge on any atom is -0.327 e. The summed E-state index contributed by atoms with van der Waals surface area (Å²) < 4.78 is 1.62. The third-order valence-corrected chi connectivity index (χ3v) is 2.43. The topological polar surface area (TPSA) is 69.6 Å². The molecule has 0 atom stereocenters. The first-order valence-corrected chi connectivity index (χ1v) is 4.44. The summed E-state index contributed by atoms with van der Waals surface area (Å²) in [6, 6.07) is 0. The van der Waals surface area contributed by atoms with Crippen molar-refractivity contribution in [1.29, 1.82) is 0 Å². The lowest BCUT2D eigenvalue weighted by molar-refractivity contribution is 0.665. The Labute approximate surface area is 75.0 Å². The molecule has 0 aliphatic heterocycles. The molecule has 0 radical (unpaired) electrons. The van der Waals surface area contributed by atoms with Crippen molar-refractivity contribution < 1.29 is 0 Å². The van der Waals surface area contributed by atoms with Gasteiger partial charge in [0.1, 0.15) is 0 Å². The van der Waals surface area contributed by atoms with Gasteiger partial charge in [0.15, 0.2) is 0 Å². The Hall–Kier alpha value is -0.880. The molecule has 0 aromatic carbocycles. The lowest BCUT2D eigenvalue weighted by Crippen LogP contribution is -2.04. The second-order valence-electron chi connectivity index (χ2n) is 2.33. The van der Waals surface area contributed by atoms with Crippen LogP contribution in [0, 0.1) is 0 Å². The minimum atomic E-state index is 0.512. The third-order valence-electron chi connectivity index (χ3n) is 1.28. The van der Waals surface area contributed by atoms with Gasteiger partial charge in [0, 0.05) is 19.3 Å². The fourth-order valence-electron chi connectivity index (χ4n) is 0.569. The van der Waals surface area contributed by atoms with E-state index < -0.39 is 0 Å². The number of tetrazole rings is 1. The van der Waals surface area contributed by atoms with E-state index in [2.05, 4.69) is 22.1 Å². The van der Waals surface area contributed by atoms with Gasteiger partial charge < -0.3 is 5.73 Å². The van der Waals surface area contributed by atoms with E-state index in [0.29, 0.717) is 6.54 Å². The Morgan fingerprint density at radius 2 is 2.50 bits per heavy atom. The standard InChI is InChI=1S/C6H11N5S/c1-5(3-7)4-12-6-8-9-10-11(6)2/h1,3-4,7H2,2H3. The predicted octanol–water partition coefficient (Wildman–Crippen LogP) is -0.183. The van der Waals surface area contributed by atoms with Crippen molar-refractivity contribution in [2.75, 3.05) is 12.3 Å². The molecular formula is C6H11N5S. The molecule has 1 rings (SSSR count). The molecule has 0 fully saturated rings. The SMILES string of the molecule is C=C(CN)CSc1nnnn1C. The van der Waals surface area contributed by atoms with E-state index in [9.17, 15) is 0 Å². The van der Waals surface area contributed by atoms with Crippen LogP contribution in [0.5, 0.6) is 0 Å². The summed E-state index contributed by atoms with van der Waals surface area (Å²) in [5, 5.41) is 11.8. The molecule has 1 aromatic heterocycles. The number of hydrogen-bond donors (Lipinski definition) is 1. The first-order valence-electron chi connectivity index (χ1n) is 3.46. The number of aromatic nitrogens is 4. The molecule has 2 N–H and O–H groups in total. The van der Waals surface area contributed by atoms with Gasteiger partial charge in [-0.3, -0.25) is 0 Å². The third kappa shape index (κ3) is 2.31. The highest BCUT2D eigenvalue weighted by molar-refractivity contribution is 7.99. The minimum absolute atomic E-state index is 0.512. The van der Waals surface area contributed by atoms with E-state index in [4.69, 9.17) is 5.73 Å². The Bertz CT molecular complexity index is 269. The van der Waals surface area contributed by atoms with Gasteiger partial charge in [-0.25, -0.2) is 4.68 Å². The summed E-state index contributed by atoms with van der Waals surface area (Å²) in [5.41, 5.74) is 6.37. The monoisotopic (exact) mass is 185 g/mol. The smallest absolute Gasteiger partial charge is 0.209 e. The maximum absolute atomic E-state index is 5.38. The van der Waals surface area contributed by atoms with Gasteiger partial charge in [0.05, 0.1) is 0 Å². The van der Waals surface area contributed by atoms with E-state index in [-0.39, 0.29) is 0 Å². The quantitative estimate of drug-likeness (QED) is 0.520. The van der Waals surface area contributed by atoms with Crippen LogP contribution in [0.25, 0.3) is 0 Å². The zero-order valence-corrected chi connectivity index (χ0v) is 7.71. The average Bonchev–Trinajstić information content (AvgIpc) is 2.47. The van der Waals surface area contributed by atoms with Crippen LogP contribution in [0.4, 0.5) is 0 Å². The Kier molecular flexibility index (Phi) is 3.24. The number of aryl methyl sites for hydroxylation is 1. The predicted molar refractivity (Wildman–Crippen MR) is 47.7 cm³/mol. The summed E-state index contributed by atoms with van der Waals surface area (Å²) in [5.74, 6) is 0.769. The normalized spacial score (nSPS) is 10.2. The molecule has 12 heavy (non-hydrogen) atoms. The number of hydrogen-bond acceptors (Lipinski definition) is 5. The second-order valence-corrected chi connectivity index (χ2v) is 3.27. The molecule has 0 aliphatic carbocycles.